The van der Waals surface area contributed by atoms with Crippen LogP contribution in [0.3, 0.4) is 0 Å². The van der Waals surface area contributed by atoms with E-state index < -0.39 is 0 Å². The number of nitrogens with one attached hydrogen (secondary N) is 1. The molecule has 1 fully saturated rings. The average molecular weight is 350 g/mol. The number of rotatable bonds is 7. The molecule has 7 heteroatoms. The second kappa shape index (κ2) is 9.61. The molecule has 3 heterocycles. The fourth-order valence-corrected chi connectivity index (χ4v) is 2.77. The minimum atomic E-state index is 0. The standard InChI is InChI=1S/C17H23N5O.ClH/c1-13-14(5-3-10-23-12-15-6-2-7-18-15)11-16(22-21-13)17-19-8-4-9-20-17;/h4,8-9,11,15,18H,2-3,5-7,10,12H2,1H3;1H. The molecule has 2 aromatic heterocycles. The molecule has 2 aromatic rings. The van der Waals surface area contributed by atoms with E-state index >= 15 is 0 Å². The van der Waals surface area contributed by atoms with Gasteiger partial charge in [-0.2, -0.15) is 5.10 Å². The highest BCUT2D eigenvalue weighted by atomic mass is 35.5. The number of aryl methyl sites for hydroxylation is 2. The molecule has 0 amide bonds. The monoisotopic (exact) mass is 349 g/mol. The van der Waals surface area contributed by atoms with Crippen molar-refractivity contribution < 1.29 is 4.74 Å². The SMILES string of the molecule is Cc1nnc(-c2ncccn2)cc1CCCOCC1CCCN1.Cl. The molecule has 1 aliphatic heterocycles. The molecular weight excluding hydrogens is 326 g/mol. The zero-order chi connectivity index (χ0) is 15.9. The molecule has 0 spiro atoms. The van der Waals surface area contributed by atoms with Gasteiger partial charge in [0.25, 0.3) is 0 Å². The van der Waals surface area contributed by atoms with E-state index in [0.29, 0.717) is 11.9 Å². The van der Waals surface area contributed by atoms with Crippen LogP contribution in [0.1, 0.15) is 30.5 Å². The van der Waals surface area contributed by atoms with Gasteiger partial charge in [0.15, 0.2) is 5.82 Å². The van der Waals surface area contributed by atoms with E-state index in [1.54, 1.807) is 18.5 Å². The Morgan fingerprint density at radius 3 is 2.83 bits per heavy atom. The smallest absolute Gasteiger partial charge is 0.180 e. The molecule has 1 saturated heterocycles. The van der Waals surface area contributed by atoms with Crippen LogP contribution in [0.5, 0.6) is 0 Å². The lowest BCUT2D eigenvalue weighted by molar-refractivity contribution is 0.114. The molecular formula is C17H24ClN5O. The number of nitrogens with zero attached hydrogens (tertiary/aromatic N) is 4. The van der Waals surface area contributed by atoms with Crippen molar-refractivity contribution in [2.75, 3.05) is 19.8 Å². The highest BCUT2D eigenvalue weighted by molar-refractivity contribution is 5.85. The molecule has 1 atom stereocenters. The van der Waals surface area contributed by atoms with Gasteiger partial charge in [0.05, 0.1) is 12.3 Å². The van der Waals surface area contributed by atoms with E-state index in [1.807, 2.05) is 13.0 Å². The van der Waals surface area contributed by atoms with Crippen LogP contribution < -0.4 is 5.32 Å². The minimum Gasteiger partial charge on any atom is -0.380 e. The van der Waals surface area contributed by atoms with E-state index in [0.717, 1.165) is 44.0 Å². The third-order valence-electron chi connectivity index (χ3n) is 4.09. The number of ether oxygens (including phenoxy) is 1. The zero-order valence-corrected chi connectivity index (χ0v) is 14.8. The van der Waals surface area contributed by atoms with Crippen LogP contribution in [0.4, 0.5) is 0 Å². The molecule has 0 radical (unpaired) electrons. The summed E-state index contributed by atoms with van der Waals surface area (Å²) in [7, 11) is 0. The lowest BCUT2D eigenvalue weighted by atomic mass is 10.1. The zero-order valence-electron chi connectivity index (χ0n) is 13.9. The summed E-state index contributed by atoms with van der Waals surface area (Å²) < 4.78 is 5.77. The van der Waals surface area contributed by atoms with Crippen molar-refractivity contribution in [3.05, 3.63) is 35.8 Å². The van der Waals surface area contributed by atoms with Gasteiger partial charge in [-0.05, 0) is 56.8 Å². The topological polar surface area (TPSA) is 72.8 Å². The van der Waals surface area contributed by atoms with Gasteiger partial charge in [0.1, 0.15) is 5.69 Å². The first-order valence-corrected chi connectivity index (χ1v) is 8.24. The highest BCUT2D eigenvalue weighted by Gasteiger charge is 2.13. The summed E-state index contributed by atoms with van der Waals surface area (Å²) in [6.45, 7) is 4.70. The Hall–Kier alpha value is -1.63. The minimum absolute atomic E-state index is 0. The second-order valence-electron chi connectivity index (χ2n) is 5.88. The highest BCUT2D eigenvalue weighted by Crippen LogP contribution is 2.15. The van der Waals surface area contributed by atoms with Gasteiger partial charge in [-0.25, -0.2) is 9.97 Å². The Labute approximate surface area is 148 Å². The lowest BCUT2D eigenvalue weighted by Gasteiger charge is -2.11. The predicted molar refractivity (Wildman–Crippen MR) is 95.2 cm³/mol. The van der Waals surface area contributed by atoms with Crippen molar-refractivity contribution in [1.29, 1.82) is 0 Å². The lowest BCUT2D eigenvalue weighted by Crippen LogP contribution is -2.26. The predicted octanol–water partition coefficient (Wildman–Crippen LogP) is 2.37. The molecule has 0 aliphatic carbocycles. The van der Waals surface area contributed by atoms with Crippen LogP contribution in [0.2, 0.25) is 0 Å². The van der Waals surface area contributed by atoms with Crippen molar-refractivity contribution in [3.8, 4) is 11.5 Å². The van der Waals surface area contributed by atoms with Crippen LogP contribution in [-0.4, -0.2) is 46.0 Å². The van der Waals surface area contributed by atoms with Crippen molar-refractivity contribution in [2.24, 2.45) is 0 Å². The normalized spacial score (nSPS) is 16.8. The van der Waals surface area contributed by atoms with Gasteiger partial charge in [-0.1, -0.05) is 0 Å². The van der Waals surface area contributed by atoms with Crippen LogP contribution in [0.15, 0.2) is 24.5 Å². The first-order chi connectivity index (χ1) is 11.3. The Bertz CT molecular complexity index is 620. The van der Waals surface area contributed by atoms with Gasteiger partial charge in [0.2, 0.25) is 0 Å². The van der Waals surface area contributed by atoms with Crippen molar-refractivity contribution in [1.82, 2.24) is 25.5 Å². The molecule has 24 heavy (non-hydrogen) atoms. The Morgan fingerprint density at radius 1 is 1.25 bits per heavy atom. The number of aromatic nitrogens is 4. The van der Waals surface area contributed by atoms with Crippen molar-refractivity contribution in [2.45, 2.75) is 38.6 Å². The van der Waals surface area contributed by atoms with Crippen LogP contribution in [-0.2, 0) is 11.2 Å². The Morgan fingerprint density at radius 2 is 2.08 bits per heavy atom. The fourth-order valence-electron chi connectivity index (χ4n) is 2.77. The average Bonchev–Trinajstić information content (AvgIpc) is 3.10. The number of hydrogen-bond acceptors (Lipinski definition) is 6. The van der Waals surface area contributed by atoms with Gasteiger partial charge < -0.3 is 10.1 Å². The molecule has 3 rings (SSSR count). The van der Waals surface area contributed by atoms with E-state index in [1.165, 1.54) is 18.4 Å². The summed E-state index contributed by atoms with van der Waals surface area (Å²) in [5, 5.41) is 11.9. The van der Waals surface area contributed by atoms with Gasteiger partial charge in [-0.3, -0.25) is 0 Å². The summed E-state index contributed by atoms with van der Waals surface area (Å²) in [6, 6.07) is 4.37. The third kappa shape index (κ3) is 5.19. The van der Waals surface area contributed by atoms with E-state index in [4.69, 9.17) is 4.74 Å². The Balaban J connectivity index is 0.00000208. The van der Waals surface area contributed by atoms with Crippen molar-refractivity contribution >= 4 is 12.4 Å². The summed E-state index contributed by atoms with van der Waals surface area (Å²) in [4.78, 5) is 8.46. The summed E-state index contributed by atoms with van der Waals surface area (Å²) in [5.41, 5.74) is 2.87. The number of halogens is 1. The van der Waals surface area contributed by atoms with Gasteiger partial charge in [-0.15, -0.1) is 17.5 Å². The maximum Gasteiger partial charge on any atom is 0.180 e. The Kier molecular flexibility index (Phi) is 7.49. The first kappa shape index (κ1) is 18.7. The van der Waals surface area contributed by atoms with Crippen LogP contribution in [0.25, 0.3) is 11.5 Å². The van der Waals surface area contributed by atoms with E-state index in [-0.39, 0.29) is 12.4 Å². The second-order valence-corrected chi connectivity index (χ2v) is 5.88. The van der Waals surface area contributed by atoms with E-state index in [9.17, 15) is 0 Å². The molecule has 0 aromatic carbocycles. The molecule has 0 bridgehead atoms. The molecule has 1 aliphatic rings. The van der Waals surface area contributed by atoms with Crippen molar-refractivity contribution in [3.63, 3.8) is 0 Å². The molecule has 1 N–H and O–H groups in total. The maximum atomic E-state index is 5.77. The molecule has 0 saturated carbocycles. The van der Waals surface area contributed by atoms with Crippen LogP contribution >= 0.6 is 12.4 Å². The number of hydrogen-bond donors (Lipinski definition) is 1. The summed E-state index contributed by atoms with van der Waals surface area (Å²) >= 11 is 0. The van der Waals surface area contributed by atoms with Crippen LogP contribution in [0, 0.1) is 6.92 Å². The van der Waals surface area contributed by atoms with E-state index in [2.05, 4.69) is 25.5 Å². The molecule has 6 nitrogen and oxygen atoms in total. The summed E-state index contributed by atoms with van der Waals surface area (Å²) in [5.74, 6) is 0.616. The van der Waals surface area contributed by atoms with Gasteiger partial charge >= 0.3 is 0 Å². The maximum absolute atomic E-state index is 5.77. The fraction of sp³-hybridized carbons (Fsp3) is 0.529. The summed E-state index contributed by atoms with van der Waals surface area (Å²) in [6.07, 6.45) is 7.84. The first-order valence-electron chi connectivity index (χ1n) is 8.24. The molecule has 1 unspecified atom stereocenters. The van der Waals surface area contributed by atoms with Gasteiger partial charge in [0, 0.05) is 25.0 Å². The largest absolute Gasteiger partial charge is 0.380 e. The molecule has 130 valence electrons. The third-order valence-corrected chi connectivity index (χ3v) is 4.09. The quantitative estimate of drug-likeness (QED) is 0.774.